The number of amides is 1. The lowest BCUT2D eigenvalue weighted by Crippen LogP contribution is -2.44. The minimum Gasteiger partial charge on any atom is -0.444 e. The average Bonchev–Trinajstić information content (AvgIpc) is 2.67. The van der Waals surface area contributed by atoms with E-state index in [0.717, 1.165) is 5.69 Å². The lowest BCUT2D eigenvalue weighted by atomic mass is 9.85. The van der Waals surface area contributed by atoms with Gasteiger partial charge in [-0.2, -0.15) is 0 Å². The van der Waals surface area contributed by atoms with Gasteiger partial charge in [-0.3, -0.25) is 4.79 Å². The van der Waals surface area contributed by atoms with Gasteiger partial charge in [-0.1, -0.05) is 19.3 Å². The van der Waals surface area contributed by atoms with Crippen molar-refractivity contribution in [2.75, 3.05) is 19.0 Å². The predicted octanol–water partition coefficient (Wildman–Crippen LogP) is 2.98. The number of nitrogens with zero attached hydrogens (tertiary/aromatic N) is 3. The Morgan fingerprint density at radius 2 is 1.93 bits per heavy atom. The van der Waals surface area contributed by atoms with E-state index < -0.39 is 11.7 Å². The molecular formula is C21H34N4O4. The summed E-state index contributed by atoms with van der Waals surface area (Å²) in [6.07, 6.45) is 6.30. The summed E-state index contributed by atoms with van der Waals surface area (Å²) < 4.78 is 6.65. The first-order chi connectivity index (χ1) is 13.7. The molecule has 1 fully saturated rings. The van der Waals surface area contributed by atoms with E-state index in [2.05, 4.69) is 12.2 Å². The van der Waals surface area contributed by atoms with Gasteiger partial charge in [0.1, 0.15) is 12.7 Å². The molecule has 1 saturated carbocycles. The number of hydrogen-bond donors (Lipinski definition) is 1. The summed E-state index contributed by atoms with van der Waals surface area (Å²) in [6, 6.07) is 0.212. The number of hydrogen-bond acceptors (Lipinski definition) is 6. The van der Waals surface area contributed by atoms with Crippen LogP contribution in [0.3, 0.4) is 0 Å². The fourth-order valence-corrected chi connectivity index (χ4v) is 4.16. The molecule has 1 aliphatic heterocycles. The summed E-state index contributed by atoms with van der Waals surface area (Å²) in [5.41, 5.74) is 0.358. The first kappa shape index (κ1) is 21.5. The molecule has 1 amide bonds. The molecule has 29 heavy (non-hydrogen) atoms. The number of anilines is 1. The lowest BCUT2D eigenvalue weighted by Gasteiger charge is -2.32. The molecule has 0 saturated heterocycles. The van der Waals surface area contributed by atoms with Crippen molar-refractivity contribution in [3.8, 4) is 0 Å². The average molecular weight is 407 g/mol. The smallest absolute Gasteiger partial charge is 0.410 e. The largest absolute Gasteiger partial charge is 0.444 e. The Balaban J connectivity index is 1.80. The maximum atomic E-state index is 13.1. The molecule has 8 nitrogen and oxygen atoms in total. The van der Waals surface area contributed by atoms with Gasteiger partial charge < -0.3 is 19.8 Å². The second kappa shape index (κ2) is 8.63. The zero-order valence-electron chi connectivity index (χ0n) is 18.3. The second-order valence-electron chi connectivity index (χ2n) is 9.13. The van der Waals surface area contributed by atoms with Gasteiger partial charge in [0.25, 0.3) is 5.56 Å². The van der Waals surface area contributed by atoms with Crippen LogP contribution < -0.4 is 15.7 Å². The molecular weight excluding hydrogens is 372 g/mol. The van der Waals surface area contributed by atoms with Crippen molar-refractivity contribution in [3.05, 3.63) is 21.6 Å². The van der Waals surface area contributed by atoms with E-state index in [0.29, 0.717) is 30.4 Å². The van der Waals surface area contributed by atoms with Crippen molar-refractivity contribution >= 4 is 12.0 Å². The van der Waals surface area contributed by atoms with Gasteiger partial charge in [-0.05, 0) is 46.5 Å². The fraction of sp³-hybridized carbons (Fsp3) is 0.762. The van der Waals surface area contributed by atoms with Crippen LogP contribution in [0.2, 0.25) is 0 Å². The van der Waals surface area contributed by atoms with Crippen LogP contribution in [-0.4, -0.2) is 46.0 Å². The Morgan fingerprint density at radius 1 is 1.24 bits per heavy atom. The van der Waals surface area contributed by atoms with Gasteiger partial charge in [0.15, 0.2) is 0 Å². The molecule has 1 aromatic rings. The predicted molar refractivity (Wildman–Crippen MR) is 111 cm³/mol. The van der Waals surface area contributed by atoms with Crippen molar-refractivity contribution in [2.24, 2.45) is 5.92 Å². The van der Waals surface area contributed by atoms with E-state index >= 15 is 0 Å². The van der Waals surface area contributed by atoms with Crippen molar-refractivity contribution in [1.82, 2.24) is 14.6 Å². The maximum Gasteiger partial charge on any atom is 0.410 e. The summed E-state index contributed by atoms with van der Waals surface area (Å²) in [4.78, 5) is 37.1. The molecule has 0 aromatic carbocycles. The zero-order chi connectivity index (χ0) is 21.2. The highest BCUT2D eigenvalue weighted by atomic mass is 16.7. The Labute approximate surface area is 172 Å². The summed E-state index contributed by atoms with van der Waals surface area (Å²) in [6.45, 7) is 8.28. The van der Waals surface area contributed by atoms with Crippen LogP contribution in [0.4, 0.5) is 10.7 Å². The summed E-state index contributed by atoms with van der Waals surface area (Å²) in [7, 11) is 1.46. The number of rotatable bonds is 4. The number of carbonyl (C=O) groups is 1. The highest BCUT2D eigenvalue weighted by Gasteiger charge is 2.30. The number of aromatic nitrogens is 2. The molecule has 0 bridgehead atoms. The number of carbonyl (C=O) groups excluding carboxylic acids is 1. The van der Waals surface area contributed by atoms with E-state index in [1.165, 1.54) is 43.9 Å². The van der Waals surface area contributed by atoms with Crippen LogP contribution in [0.1, 0.15) is 71.1 Å². The molecule has 2 aliphatic rings. The molecule has 1 aliphatic carbocycles. The summed E-state index contributed by atoms with van der Waals surface area (Å²) in [5, 5.41) is 3.41. The van der Waals surface area contributed by atoms with Crippen molar-refractivity contribution < 1.29 is 14.4 Å². The second-order valence-corrected chi connectivity index (χ2v) is 9.13. The van der Waals surface area contributed by atoms with Crippen LogP contribution in [0.5, 0.6) is 0 Å². The van der Waals surface area contributed by atoms with Crippen LogP contribution in [-0.2, 0) is 17.7 Å². The molecule has 162 valence electrons. The van der Waals surface area contributed by atoms with E-state index in [9.17, 15) is 9.59 Å². The van der Waals surface area contributed by atoms with E-state index in [1.54, 1.807) is 4.90 Å². The maximum absolute atomic E-state index is 13.1. The van der Waals surface area contributed by atoms with Crippen LogP contribution in [0.25, 0.3) is 0 Å². The molecule has 0 unspecified atom stereocenters. The van der Waals surface area contributed by atoms with E-state index in [1.807, 2.05) is 20.8 Å². The zero-order valence-corrected chi connectivity index (χ0v) is 18.3. The summed E-state index contributed by atoms with van der Waals surface area (Å²) in [5.74, 6) is 1.02. The van der Waals surface area contributed by atoms with Crippen molar-refractivity contribution in [3.63, 3.8) is 0 Å². The van der Waals surface area contributed by atoms with Gasteiger partial charge in [0.05, 0.1) is 17.8 Å². The summed E-state index contributed by atoms with van der Waals surface area (Å²) >= 11 is 0. The van der Waals surface area contributed by atoms with Crippen LogP contribution in [0.15, 0.2) is 4.79 Å². The molecule has 1 aromatic heterocycles. The van der Waals surface area contributed by atoms with Gasteiger partial charge in [-0.25, -0.2) is 9.78 Å². The first-order valence-electron chi connectivity index (χ1n) is 10.6. The Hall–Kier alpha value is -2.25. The third kappa shape index (κ3) is 5.03. The molecule has 1 N–H and O–H groups in total. The Bertz CT molecular complexity index is 793. The first-order valence-corrected chi connectivity index (χ1v) is 10.6. The minimum atomic E-state index is -0.578. The van der Waals surface area contributed by atoms with Crippen molar-refractivity contribution in [2.45, 2.75) is 84.4 Å². The van der Waals surface area contributed by atoms with E-state index in [4.69, 9.17) is 14.6 Å². The lowest BCUT2D eigenvalue weighted by molar-refractivity contribution is 0.0219. The van der Waals surface area contributed by atoms with Crippen LogP contribution in [0, 0.1) is 5.92 Å². The van der Waals surface area contributed by atoms with Gasteiger partial charge in [-0.15, -0.1) is 4.73 Å². The van der Waals surface area contributed by atoms with Gasteiger partial charge >= 0.3 is 6.09 Å². The number of nitrogens with one attached hydrogen (secondary N) is 1. The molecule has 8 heteroatoms. The highest BCUT2D eigenvalue weighted by molar-refractivity contribution is 5.68. The molecule has 0 spiro atoms. The third-order valence-corrected chi connectivity index (χ3v) is 5.74. The molecule has 3 rings (SSSR count). The molecule has 0 radical (unpaired) electrons. The highest BCUT2D eigenvalue weighted by Crippen LogP contribution is 2.28. The topological polar surface area (TPSA) is 85.7 Å². The van der Waals surface area contributed by atoms with Gasteiger partial charge in [0, 0.05) is 19.0 Å². The standard InChI is InChI=1S/C21H34N4O4/c1-14(15-9-7-6-8-10-15)22-19-23-17-11-12-24(20(27)29-21(2,3)4)13-16(17)18(26)25(19)28-5/h14-15H,6-13H2,1-5H3,(H,22,23)/t14-/m1/s1. The normalized spacial score (nSPS) is 18.7. The minimum absolute atomic E-state index is 0.178. The third-order valence-electron chi connectivity index (χ3n) is 5.74. The SMILES string of the molecule is COn1c(N[C@H](C)C2CCCCC2)nc2c(c1=O)CN(C(=O)OC(C)(C)C)CC2. The number of fused-ring (bicyclic) bond motifs is 1. The van der Waals surface area contributed by atoms with Crippen LogP contribution >= 0.6 is 0 Å². The quantitative estimate of drug-likeness (QED) is 0.827. The Morgan fingerprint density at radius 3 is 2.55 bits per heavy atom. The molecule has 2 heterocycles. The van der Waals surface area contributed by atoms with E-state index in [-0.39, 0.29) is 18.1 Å². The van der Waals surface area contributed by atoms with Crippen molar-refractivity contribution in [1.29, 1.82) is 0 Å². The van der Waals surface area contributed by atoms with Gasteiger partial charge in [0.2, 0.25) is 5.95 Å². The fourth-order valence-electron chi connectivity index (χ4n) is 4.16. The monoisotopic (exact) mass is 406 g/mol. The number of ether oxygens (including phenoxy) is 1. The molecule has 1 atom stereocenters. The Kier molecular flexibility index (Phi) is 6.39.